The van der Waals surface area contributed by atoms with Crippen LogP contribution in [-0.2, 0) is 33.3 Å². The van der Waals surface area contributed by atoms with Crippen LogP contribution in [0.5, 0.6) is 0 Å². The number of hydrogen-bond acceptors (Lipinski definition) is 8. The van der Waals surface area contributed by atoms with E-state index in [9.17, 15) is 19.5 Å². The molecule has 0 spiro atoms. The summed E-state index contributed by atoms with van der Waals surface area (Å²) in [5.41, 5.74) is 0. The molecule has 0 heterocycles. The van der Waals surface area contributed by atoms with Crippen molar-refractivity contribution < 1.29 is 42.9 Å². The number of rotatable bonds is 48. The van der Waals surface area contributed by atoms with Gasteiger partial charge in [-0.1, -0.05) is 196 Å². The molecule has 0 amide bonds. The average Bonchev–Trinajstić information content (AvgIpc) is 3.38. The van der Waals surface area contributed by atoms with E-state index >= 15 is 0 Å². The number of unbranched alkanes of at least 4 members (excludes halogenated alkanes) is 3. The molecule has 0 saturated heterocycles. The maximum Gasteiger partial charge on any atom is 0.306 e. The van der Waals surface area contributed by atoms with Gasteiger partial charge in [0.25, 0.3) is 0 Å². The highest BCUT2D eigenvalue weighted by Crippen LogP contribution is 2.09. The van der Waals surface area contributed by atoms with Gasteiger partial charge in [-0.15, -0.1) is 0 Å². The van der Waals surface area contributed by atoms with Crippen molar-refractivity contribution >= 4 is 17.9 Å². The van der Waals surface area contributed by atoms with Crippen LogP contribution in [0.25, 0.3) is 0 Å². The van der Waals surface area contributed by atoms with Crippen molar-refractivity contribution in [2.45, 2.75) is 167 Å². The van der Waals surface area contributed by atoms with Gasteiger partial charge in [0.05, 0.1) is 40.3 Å². The van der Waals surface area contributed by atoms with Crippen LogP contribution in [0.3, 0.4) is 0 Å². The van der Waals surface area contributed by atoms with Gasteiger partial charge >= 0.3 is 11.9 Å². The molecular formula is C66H99NO8. The minimum absolute atomic E-state index is 0.117. The third kappa shape index (κ3) is 56.0. The normalized spacial score (nSPS) is 14.2. The second kappa shape index (κ2) is 54.6. The van der Waals surface area contributed by atoms with Crippen molar-refractivity contribution in [3.63, 3.8) is 0 Å². The monoisotopic (exact) mass is 1030 g/mol. The summed E-state index contributed by atoms with van der Waals surface area (Å²) in [6.07, 6.45) is 80.9. The second-order valence-electron chi connectivity index (χ2n) is 18.8. The lowest BCUT2D eigenvalue weighted by molar-refractivity contribution is -0.870. The summed E-state index contributed by atoms with van der Waals surface area (Å²) in [5, 5.41) is 11.8. The molecule has 0 aromatic rings. The summed E-state index contributed by atoms with van der Waals surface area (Å²) in [6, 6.07) is 0. The number of aliphatic carboxylic acids is 1. The summed E-state index contributed by atoms with van der Waals surface area (Å²) < 4.78 is 22.5. The molecule has 0 radical (unpaired) electrons. The third-order valence-electron chi connectivity index (χ3n) is 10.6. The fourth-order valence-corrected chi connectivity index (χ4v) is 6.42. The van der Waals surface area contributed by atoms with Gasteiger partial charge < -0.3 is 33.3 Å². The standard InChI is InChI=1S/C66H99NO8/c1-6-8-10-12-14-16-18-20-22-24-26-28-29-30-31-32-33-34-35-37-39-41-43-45-47-49-51-53-55-57-64(69)75-62(61-74-66(65(70)71)72-59-58-67(3,4)5)60-73-63(68)56-54-52-50-48-46-44-42-40-38-36-27-25-23-21-19-17-15-13-11-9-7-2/h8-11,14-17,20-23,26-28,30-31,33-34,36-37,39-40,42-43,45-46,48-49,51,62,66H,6-7,12-13,18-19,24-25,29,32,35,38,41,44,47,50,52-61H2,1-5H3/b10-8-,11-9-,16-14-,17-15-,22-20-,23-21-,28-26-,31-30-,34-33-,36-27-,39-37-,42-40-,45-43-,48-46-,51-49-. The molecule has 0 saturated carbocycles. The van der Waals surface area contributed by atoms with Crippen LogP contribution in [0.15, 0.2) is 182 Å². The van der Waals surface area contributed by atoms with Gasteiger partial charge in [-0.2, -0.15) is 0 Å². The van der Waals surface area contributed by atoms with E-state index in [-0.39, 0.29) is 32.7 Å². The highest BCUT2D eigenvalue weighted by atomic mass is 16.7. The van der Waals surface area contributed by atoms with Gasteiger partial charge in [0.1, 0.15) is 13.2 Å². The number of likely N-dealkylation sites (N-methyl/N-ethyl adjacent to an activating group) is 1. The first-order chi connectivity index (χ1) is 36.6. The Labute approximate surface area is 456 Å². The summed E-state index contributed by atoms with van der Waals surface area (Å²) in [6.45, 7) is 4.35. The minimum Gasteiger partial charge on any atom is -0.545 e. The maximum atomic E-state index is 12.8. The van der Waals surface area contributed by atoms with E-state index in [1.165, 1.54) is 0 Å². The predicted octanol–water partition coefficient (Wildman–Crippen LogP) is 15.2. The van der Waals surface area contributed by atoms with Gasteiger partial charge in [0, 0.05) is 12.8 Å². The fraction of sp³-hybridized carbons (Fsp3) is 0.500. The van der Waals surface area contributed by atoms with E-state index in [1.807, 2.05) is 27.2 Å². The average molecular weight is 1030 g/mol. The van der Waals surface area contributed by atoms with Gasteiger partial charge in [0.2, 0.25) is 0 Å². The van der Waals surface area contributed by atoms with E-state index < -0.39 is 30.3 Å². The van der Waals surface area contributed by atoms with Gasteiger partial charge in [0.15, 0.2) is 12.4 Å². The second-order valence-corrected chi connectivity index (χ2v) is 18.8. The number of carbonyl (C=O) groups is 3. The summed E-state index contributed by atoms with van der Waals surface area (Å²) in [7, 11) is 5.86. The SMILES string of the molecule is CC/C=C\C/C=C\C/C=C\C/C=C\C/C=C\C/C=C\C/C=C\C/C=C\C/C=C\CCCC(=O)OC(COC(=O)CCCC/C=C\C/C=C\C/C=C\C/C=C\C/C=C\C/C=C\CC)COC(OCC[N+](C)(C)C)C(=O)[O-]. The van der Waals surface area contributed by atoms with Crippen molar-refractivity contribution in [3.8, 4) is 0 Å². The third-order valence-corrected chi connectivity index (χ3v) is 10.6. The van der Waals surface area contributed by atoms with E-state index in [0.29, 0.717) is 30.3 Å². The number of allylic oxidation sites excluding steroid dienone is 30. The lowest BCUT2D eigenvalue weighted by Gasteiger charge is -2.26. The van der Waals surface area contributed by atoms with Gasteiger partial charge in [-0.05, 0) is 128 Å². The number of carbonyl (C=O) groups excluding carboxylic acids is 3. The first kappa shape index (κ1) is 69.4. The van der Waals surface area contributed by atoms with Crippen molar-refractivity contribution in [1.29, 1.82) is 0 Å². The molecule has 0 fully saturated rings. The van der Waals surface area contributed by atoms with Crippen molar-refractivity contribution in [2.75, 3.05) is 47.5 Å². The molecule has 9 heteroatoms. The molecular weight excluding hydrogens is 935 g/mol. The predicted molar refractivity (Wildman–Crippen MR) is 314 cm³/mol. The molecule has 0 aliphatic heterocycles. The zero-order valence-electron chi connectivity index (χ0n) is 47.1. The van der Waals surface area contributed by atoms with Crippen molar-refractivity contribution in [1.82, 2.24) is 0 Å². The highest BCUT2D eigenvalue weighted by molar-refractivity contribution is 5.70. The maximum absolute atomic E-state index is 12.8. The molecule has 0 aliphatic carbocycles. The molecule has 0 aromatic carbocycles. The smallest absolute Gasteiger partial charge is 0.306 e. The minimum atomic E-state index is -1.66. The van der Waals surface area contributed by atoms with E-state index in [4.69, 9.17) is 18.9 Å². The Morgan fingerprint density at radius 1 is 0.400 bits per heavy atom. The largest absolute Gasteiger partial charge is 0.545 e. The van der Waals surface area contributed by atoms with Crippen molar-refractivity contribution in [2.24, 2.45) is 0 Å². The van der Waals surface area contributed by atoms with Crippen LogP contribution in [0, 0.1) is 0 Å². The number of hydrogen-bond donors (Lipinski definition) is 0. The molecule has 416 valence electrons. The van der Waals surface area contributed by atoms with Gasteiger partial charge in [-0.3, -0.25) is 9.59 Å². The van der Waals surface area contributed by atoms with E-state index in [2.05, 4.69) is 190 Å². The number of carboxylic acid groups (broad SMARTS) is 1. The topological polar surface area (TPSA) is 111 Å². The Kier molecular flexibility index (Phi) is 50.6. The molecule has 2 unspecified atom stereocenters. The molecule has 0 aliphatic rings. The van der Waals surface area contributed by atoms with Crippen LogP contribution in [0.1, 0.15) is 155 Å². The quantitative estimate of drug-likeness (QED) is 0.0195. The number of quaternary nitrogens is 1. The molecule has 9 nitrogen and oxygen atoms in total. The molecule has 0 aromatic heterocycles. The summed E-state index contributed by atoms with van der Waals surface area (Å²) >= 11 is 0. The Morgan fingerprint density at radius 3 is 1.05 bits per heavy atom. The number of esters is 2. The Balaban J connectivity index is 4.53. The Morgan fingerprint density at radius 2 is 0.720 bits per heavy atom. The van der Waals surface area contributed by atoms with E-state index in [0.717, 1.165) is 109 Å². The number of ether oxygens (including phenoxy) is 4. The fourth-order valence-electron chi connectivity index (χ4n) is 6.42. The Hall–Kier alpha value is -5.61. The molecule has 2 atom stereocenters. The summed E-state index contributed by atoms with van der Waals surface area (Å²) in [5.74, 6) is -2.46. The van der Waals surface area contributed by atoms with Crippen molar-refractivity contribution in [3.05, 3.63) is 182 Å². The van der Waals surface area contributed by atoms with Crippen LogP contribution >= 0.6 is 0 Å². The zero-order valence-corrected chi connectivity index (χ0v) is 47.1. The molecule has 0 N–H and O–H groups in total. The number of nitrogens with zero attached hydrogens (tertiary/aromatic N) is 1. The highest BCUT2D eigenvalue weighted by Gasteiger charge is 2.21. The Bertz CT molecular complexity index is 1870. The van der Waals surface area contributed by atoms with Crippen LogP contribution < -0.4 is 5.11 Å². The van der Waals surface area contributed by atoms with Gasteiger partial charge in [-0.25, -0.2) is 0 Å². The lowest BCUT2D eigenvalue weighted by Crippen LogP contribution is -2.44. The first-order valence-corrected chi connectivity index (χ1v) is 27.9. The van der Waals surface area contributed by atoms with Crippen LogP contribution in [-0.4, -0.2) is 82.3 Å². The molecule has 0 rings (SSSR count). The summed E-state index contributed by atoms with van der Waals surface area (Å²) in [4.78, 5) is 37.2. The van der Waals surface area contributed by atoms with Crippen LogP contribution in [0.4, 0.5) is 0 Å². The lowest BCUT2D eigenvalue weighted by atomic mass is 10.2. The zero-order chi connectivity index (χ0) is 54.8. The molecule has 75 heavy (non-hydrogen) atoms. The van der Waals surface area contributed by atoms with Crippen LogP contribution in [0.2, 0.25) is 0 Å². The molecule has 0 bridgehead atoms. The first-order valence-electron chi connectivity index (χ1n) is 27.9. The number of carboxylic acids is 1. The van der Waals surface area contributed by atoms with E-state index in [1.54, 1.807) is 0 Å².